The zero-order valence-corrected chi connectivity index (χ0v) is 23.4. The van der Waals surface area contributed by atoms with Crippen molar-refractivity contribution in [3.05, 3.63) is 52.5 Å². The second-order valence-electron chi connectivity index (χ2n) is 9.67. The number of nitrogens with zero attached hydrogens (tertiary/aromatic N) is 3. The lowest BCUT2D eigenvalue weighted by atomic mass is 10.2. The Morgan fingerprint density at radius 3 is 2.51 bits per heavy atom. The Bertz CT molecular complexity index is 1390. The van der Waals surface area contributed by atoms with Crippen LogP contribution in [0.15, 0.2) is 41.3 Å². The van der Waals surface area contributed by atoms with Gasteiger partial charge in [-0.25, -0.2) is 13.4 Å². The monoisotopic (exact) mass is 563 g/mol. The molecule has 37 heavy (non-hydrogen) atoms. The van der Waals surface area contributed by atoms with Crippen molar-refractivity contribution in [3.8, 4) is 0 Å². The molecule has 1 aromatic heterocycles. The summed E-state index contributed by atoms with van der Waals surface area (Å²) in [5.41, 5.74) is 2.02. The average molecular weight is 564 g/mol. The Kier molecular flexibility index (Phi) is 7.59. The molecule has 3 unspecified atom stereocenters. The molecule has 8 nitrogen and oxygen atoms in total. The fraction of sp³-hybridized carbons (Fsp3) is 0.462. The van der Waals surface area contributed by atoms with Crippen LogP contribution in [-0.4, -0.2) is 68.2 Å². The molecule has 11 heteroatoms. The van der Waals surface area contributed by atoms with Gasteiger partial charge in [0.25, 0.3) is 5.91 Å². The molecule has 198 valence electrons. The molecular weight excluding hydrogens is 534 g/mol. The Balaban J connectivity index is 1.44. The first-order valence-electron chi connectivity index (χ1n) is 12.4. The first-order valence-corrected chi connectivity index (χ1v) is 15.0. The molecule has 2 aliphatic heterocycles. The van der Waals surface area contributed by atoms with Crippen LogP contribution in [0.3, 0.4) is 0 Å². The summed E-state index contributed by atoms with van der Waals surface area (Å²) < 4.78 is 40.4. The summed E-state index contributed by atoms with van der Waals surface area (Å²) in [6.45, 7) is 7.27. The summed E-state index contributed by atoms with van der Waals surface area (Å²) in [7, 11) is -3.70. The molecule has 2 aliphatic rings. The van der Waals surface area contributed by atoms with Gasteiger partial charge in [0.1, 0.15) is 0 Å². The second-order valence-corrected chi connectivity index (χ2v) is 13.0. The summed E-state index contributed by atoms with van der Waals surface area (Å²) in [5, 5.41) is 1.19. The number of morpholine rings is 1. The summed E-state index contributed by atoms with van der Waals surface area (Å²) in [6.07, 6.45) is 1.38. The Labute approximate surface area is 226 Å². The number of benzene rings is 2. The first kappa shape index (κ1) is 26.5. The van der Waals surface area contributed by atoms with Gasteiger partial charge in [-0.05, 0) is 75.6 Å². The number of carbonyl (C=O) groups excluding carboxylic acids is 1. The van der Waals surface area contributed by atoms with Crippen LogP contribution in [-0.2, 0) is 19.5 Å². The number of rotatable bonds is 6. The number of ether oxygens (including phenoxy) is 2. The van der Waals surface area contributed by atoms with Crippen LogP contribution in [0.1, 0.15) is 42.6 Å². The lowest BCUT2D eigenvalue weighted by molar-refractivity contribution is -0.0440. The molecular formula is C26H30ClN3O5S2. The highest BCUT2D eigenvalue weighted by Gasteiger charge is 2.33. The van der Waals surface area contributed by atoms with E-state index in [-0.39, 0.29) is 29.1 Å². The topological polar surface area (TPSA) is 89.0 Å². The molecule has 1 amide bonds. The maximum absolute atomic E-state index is 13.7. The molecule has 2 aromatic carbocycles. The van der Waals surface area contributed by atoms with Crippen LogP contribution in [0, 0.1) is 6.92 Å². The van der Waals surface area contributed by atoms with Gasteiger partial charge in [0.2, 0.25) is 10.0 Å². The second kappa shape index (κ2) is 10.6. The lowest BCUT2D eigenvalue weighted by Crippen LogP contribution is -2.48. The van der Waals surface area contributed by atoms with E-state index < -0.39 is 10.0 Å². The van der Waals surface area contributed by atoms with Gasteiger partial charge < -0.3 is 9.47 Å². The van der Waals surface area contributed by atoms with Crippen LogP contribution in [0.25, 0.3) is 10.2 Å². The highest BCUT2D eigenvalue weighted by molar-refractivity contribution is 7.89. The van der Waals surface area contributed by atoms with Gasteiger partial charge in [0.15, 0.2) is 5.13 Å². The van der Waals surface area contributed by atoms with E-state index in [1.807, 2.05) is 32.9 Å². The third-order valence-electron chi connectivity index (χ3n) is 6.75. The fourth-order valence-electron chi connectivity index (χ4n) is 4.85. The molecule has 5 rings (SSSR count). The summed E-state index contributed by atoms with van der Waals surface area (Å²) in [6, 6.07) is 9.89. The standard InChI is InChI=1S/C26H30ClN3O5S2/c1-16-13-29(14-17(2)35-16)37(32,33)21-8-6-19(7-9-21)25(31)30(15-20-5-4-12-34-20)26-28-24-18(3)22(27)10-11-23(24)36-26/h6-11,16-17,20H,4-5,12-15H2,1-3H3. The van der Waals surface area contributed by atoms with Crippen molar-refractivity contribution in [1.82, 2.24) is 9.29 Å². The van der Waals surface area contributed by atoms with Crippen molar-refractivity contribution in [2.45, 2.75) is 56.8 Å². The summed E-state index contributed by atoms with van der Waals surface area (Å²) in [5.74, 6) is -0.254. The molecule has 2 saturated heterocycles. The highest BCUT2D eigenvalue weighted by atomic mass is 35.5. The highest BCUT2D eigenvalue weighted by Crippen LogP contribution is 2.35. The number of fused-ring (bicyclic) bond motifs is 1. The largest absolute Gasteiger partial charge is 0.376 e. The molecule has 0 aliphatic carbocycles. The van der Waals surface area contributed by atoms with E-state index in [1.54, 1.807) is 17.0 Å². The quantitative estimate of drug-likeness (QED) is 0.424. The number of anilines is 1. The third-order valence-corrected chi connectivity index (χ3v) is 10.0. The Morgan fingerprint density at radius 1 is 1.16 bits per heavy atom. The zero-order chi connectivity index (χ0) is 26.3. The van der Waals surface area contributed by atoms with Crippen molar-refractivity contribution in [2.24, 2.45) is 0 Å². The van der Waals surface area contributed by atoms with E-state index >= 15 is 0 Å². The number of hydrogen-bond acceptors (Lipinski definition) is 7. The molecule has 3 aromatic rings. The van der Waals surface area contributed by atoms with E-state index in [4.69, 9.17) is 26.1 Å². The molecule has 3 atom stereocenters. The molecule has 0 saturated carbocycles. The maximum atomic E-state index is 13.7. The number of aromatic nitrogens is 1. The van der Waals surface area contributed by atoms with Gasteiger partial charge in [0, 0.05) is 30.3 Å². The van der Waals surface area contributed by atoms with Crippen molar-refractivity contribution < 1.29 is 22.7 Å². The van der Waals surface area contributed by atoms with E-state index in [9.17, 15) is 13.2 Å². The minimum atomic E-state index is -3.70. The van der Waals surface area contributed by atoms with Crippen LogP contribution >= 0.6 is 22.9 Å². The fourth-order valence-corrected chi connectivity index (χ4v) is 7.62. The number of halogens is 1. The Morgan fingerprint density at radius 2 is 1.86 bits per heavy atom. The SMILES string of the molecule is Cc1c(Cl)ccc2sc(N(CC3CCCO3)C(=O)c3ccc(S(=O)(=O)N4CC(C)OC(C)C4)cc3)nc12. The maximum Gasteiger partial charge on any atom is 0.260 e. The minimum absolute atomic E-state index is 0.0782. The van der Waals surface area contributed by atoms with E-state index in [0.29, 0.717) is 42.0 Å². The molecule has 3 heterocycles. The van der Waals surface area contributed by atoms with Crippen molar-refractivity contribution >= 4 is 54.2 Å². The van der Waals surface area contributed by atoms with Gasteiger partial charge >= 0.3 is 0 Å². The predicted octanol–water partition coefficient (Wildman–Crippen LogP) is 4.88. The van der Waals surface area contributed by atoms with E-state index in [1.165, 1.54) is 27.8 Å². The number of aryl methyl sites for hydroxylation is 1. The van der Waals surface area contributed by atoms with Crippen molar-refractivity contribution in [3.63, 3.8) is 0 Å². The van der Waals surface area contributed by atoms with Crippen molar-refractivity contribution in [1.29, 1.82) is 0 Å². The number of thiazole rings is 1. The van der Waals surface area contributed by atoms with Gasteiger partial charge in [-0.1, -0.05) is 22.9 Å². The van der Waals surface area contributed by atoms with Crippen LogP contribution < -0.4 is 4.90 Å². The van der Waals surface area contributed by atoms with Gasteiger partial charge in [-0.15, -0.1) is 0 Å². The summed E-state index contributed by atoms with van der Waals surface area (Å²) >= 11 is 7.73. The van der Waals surface area contributed by atoms with E-state index in [2.05, 4.69) is 0 Å². The van der Waals surface area contributed by atoms with Crippen molar-refractivity contribution in [2.75, 3.05) is 31.1 Å². The predicted molar refractivity (Wildman–Crippen MR) is 145 cm³/mol. The third kappa shape index (κ3) is 5.41. The molecule has 0 N–H and O–H groups in total. The molecule has 0 bridgehead atoms. The lowest BCUT2D eigenvalue weighted by Gasteiger charge is -2.34. The zero-order valence-electron chi connectivity index (χ0n) is 21.0. The first-order chi connectivity index (χ1) is 17.6. The van der Waals surface area contributed by atoms with E-state index in [0.717, 1.165) is 28.6 Å². The van der Waals surface area contributed by atoms with Gasteiger partial charge in [-0.3, -0.25) is 9.69 Å². The van der Waals surface area contributed by atoms with Crippen LogP contribution in [0.2, 0.25) is 5.02 Å². The number of sulfonamides is 1. The number of amides is 1. The summed E-state index contributed by atoms with van der Waals surface area (Å²) in [4.78, 5) is 20.3. The van der Waals surface area contributed by atoms with Crippen LogP contribution in [0.5, 0.6) is 0 Å². The average Bonchev–Trinajstić information content (AvgIpc) is 3.54. The van der Waals surface area contributed by atoms with Gasteiger partial charge in [-0.2, -0.15) is 4.31 Å². The number of carbonyl (C=O) groups is 1. The molecule has 2 fully saturated rings. The smallest absolute Gasteiger partial charge is 0.260 e. The van der Waals surface area contributed by atoms with Crippen LogP contribution in [0.4, 0.5) is 5.13 Å². The number of hydrogen-bond donors (Lipinski definition) is 0. The minimum Gasteiger partial charge on any atom is -0.376 e. The van der Waals surface area contributed by atoms with Gasteiger partial charge in [0.05, 0.1) is 40.0 Å². The normalized spacial score (nSPS) is 23.0. The Hall–Kier alpha value is -2.08. The molecule has 0 radical (unpaired) electrons. The molecule has 0 spiro atoms.